The lowest BCUT2D eigenvalue weighted by Gasteiger charge is -2.23. The fourth-order valence-electron chi connectivity index (χ4n) is 4.29. The summed E-state index contributed by atoms with van der Waals surface area (Å²) in [5.74, 6) is -0.120. The largest absolute Gasteiger partial charge is 0.326 e. The first-order chi connectivity index (χ1) is 14.9. The van der Waals surface area contributed by atoms with Crippen LogP contribution >= 0.6 is 11.8 Å². The number of benzene rings is 2. The minimum Gasteiger partial charge on any atom is -0.326 e. The molecule has 0 aromatic heterocycles. The minimum atomic E-state index is -0.436. The summed E-state index contributed by atoms with van der Waals surface area (Å²) in [4.78, 5) is 32.8. The molecule has 1 atom stereocenters. The van der Waals surface area contributed by atoms with Gasteiger partial charge in [-0.2, -0.15) is 0 Å². The van der Waals surface area contributed by atoms with E-state index in [0.717, 1.165) is 53.4 Å². The van der Waals surface area contributed by atoms with E-state index in [9.17, 15) is 9.59 Å². The third kappa shape index (κ3) is 4.85. The molecular formula is C25H29N3O2S. The number of thioether (sulfide) groups is 1. The molecule has 2 aromatic rings. The zero-order valence-corrected chi connectivity index (χ0v) is 19.2. The summed E-state index contributed by atoms with van der Waals surface area (Å²) < 4.78 is 0. The predicted molar refractivity (Wildman–Crippen MR) is 128 cm³/mol. The third-order valence-electron chi connectivity index (χ3n) is 6.03. The fourth-order valence-corrected chi connectivity index (χ4v) is 5.51. The van der Waals surface area contributed by atoms with Crippen molar-refractivity contribution in [2.24, 2.45) is 4.99 Å². The van der Waals surface area contributed by atoms with Gasteiger partial charge in [0.05, 0.1) is 5.69 Å². The molecule has 1 saturated carbocycles. The number of hydrogen-bond donors (Lipinski definition) is 1. The molecule has 5 nitrogen and oxygen atoms in total. The Bertz CT molecular complexity index is 990. The quantitative estimate of drug-likeness (QED) is 0.673. The van der Waals surface area contributed by atoms with E-state index < -0.39 is 5.25 Å². The summed E-state index contributed by atoms with van der Waals surface area (Å²) >= 11 is 1.43. The Balaban J connectivity index is 1.53. The van der Waals surface area contributed by atoms with E-state index in [1.807, 2.05) is 68.1 Å². The Hall–Kier alpha value is -2.60. The molecule has 2 aromatic carbocycles. The van der Waals surface area contributed by atoms with Crippen molar-refractivity contribution in [1.82, 2.24) is 4.90 Å². The van der Waals surface area contributed by atoms with Gasteiger partial charge in [0.2, 0.25) is 11.8 Å². The number of rotatable bonds is 5. The topological polar surface area (TPSA) is 61.8 Å². The lowest BCUT2D eigenvalue weighted by molar-refractivity contribution is -0.129. The second kappa shape index (κ2) is 9.27. The van der Waals surface area contributed by atoms with Gasteiger partial charge in [-0.1, -0.05) is 60.5 Å². The van der Waals surface area contributed by atoms with Gasteiger partial charge in [-0.15, -0.1) is 0 Å². The van der Waals surface area contributed by atoms with Gasteiger partial charge in [0, 0.05) is 18.2 Å². The fraction of sp³-hybridized carbons (Fsp3) is 0.400. The molecule has 0 bridgehead atoms. The molecule has 1 N–H and O–H groups in total. The molecule has 6 heteroatoms. The normalized spacial score (nSPS) is 20.6. The Morgan fingerprint density at radius 2 is 1.71 bits per heavy atom. The number of amidine groups is 1. The van der Waals surface area contributed by atoms with Crippen molar-refractivity contribution in [1.29, 1.82) is 0 Å². The van der Waals surface area contributed by atoms with Gasteiger partial charge in [-0.3, -0.25) is 14.5 Å². The molecule has 1 aliphatic carbocycles. The summed E-state index contributed by atoms with van der Waals surface area (Å²) in [6.45, 7) is 6.00. The molecule has 162 valence electrons. The summed E-state index contributed by atoms with van der Waals surface area (Å²) in [6.07, 6.45) is 4.41. The first-order valence-electron chi connectivity index (χ1n) is 10.9. The summed E-state index contributed by atoms with van der Waals surface area (Å²) in [7, 11) is 0. The van der Waals surface area contributed by atoms with Crippen LogP contribution in [-0.4, -0.2) is 33.2 Å². The highest BCUT2D eigenvalue weighted by molar-refractivity contribution is 8.15. The number of anilines is 1. The maximum Gasteiger partial charge on any atom is 0.242 e. The van der Waals surface area contributed by atoms with Crippen LogP contribution in [0.3, 0.4) is 0 Å². The van der Waals surface area contributed by atoms with Crippen LogP contribution in [0.15, 0.2) is 47.5 Å². The van der Waals surface area contributed by atoms with Crippen LogP contribution < -0.4 is 5.32 Å². The molecule has 0 radical (unpaired) electrons. The van der Waals surface area contributed by atoms with E-state index >= 15 is 0 Å². The molecule has 2 aliphatic rings. The van der Waals surface area contributed by atoms with E-state index in [1.165, 1.54) is 17.3 Å². The van der Waals surface area contributed by atoms with Gasteiger partial charge in [0.25, 0.3) is 0 Å². The van der Waals surface area contributed by atoms with Gasteiger partial charge in [-0.05, 0) is 56.9 Å². The van der Waals surface area contributed by atoms with Crippen molar-refractivity contribution in [3.8, 4) is 0 Å². The van der Waals surface area contributed by atoms with Crippen LogP contribution in [0.25, 0.3) is 0 Å². The van der Waals surface area contributed by atoms with Crippen molar-refractivity contribution in [3.63, 3.8) is 0 Å². The number of para-hydroxylation sites is 1. The van der Waals surface area contributed by atoms with E-state index in [0.29, 0.717) is 0 Å². The SMILES string of the molecule is Cc1ccc(N=C2SC(CC(=O)Nc3c(C)cccc3C)C(=O)N2C2CCCC2)cc1. The predicted octanol–water partition coefficient (Wildman–Crippen LogP) is 5.51. The van der Waals surface area contributed by atoms with Gasteiger partial charge >= 0.3 is 0 Å². The van der Waals surface area contributed by atoms with Gasteiger partial charge in [0.1, 0.15) is 5.25 Å². The highest BCUT2D eigenvalue weighted by Gasteiger charge is 2.43. The van der Waals surface area contributed by atoms with E-state index in [1.54, 1.807) is 0 Å². The van der Waals surface area contributed by atoms with Crippen LogP contribution in [0.1, 0.15) is 48.8 Å². The lowest BCUT2D eigenvalue weighted by atomic mass is 10.1. The standard InChI is InChI=1S/C25H29N3O2S/c1-16-11-13-19(14-12-16)26-25-28(20-9-4-5-10-20)24(30)21(31-25)15-22(29)27-23-17(2)7-6-8-18(23)3/h6-8,11-14,20-21H,4-5,9-10,15H2,1-3H3,(H,27,29). The van der Waals surface area contributed by atoms with Crippen LogP contribution in [0.5, 0.6) is 0 Å². The van der Waals surface area contributed by atoms with Gasteiger partial charge in [-0.25, -0.2) is 4.99 Å². The Kier molecular flexibility index (Phi) is 6.46. The number of hydrogen-bond acceptors (Lipinski definition) is 4. The number of nitrogens with one attached hydrogen (secondary N) is 1. The lowest BCUT2D eigenvalue weighted by Crippen LogP contribution is -2.40. The minimum absolute atomic E-state index is 0.0133. The Morgan fingerprint density at radius 1 is 1.06 bits per heavy atom. The van der Waals surface area contributed by atoms with Crippen molar-refractivity contribution in [3.05, 3.63) is 59.2 Å². The molecule has 1 heterocycles. The van der Waals surface area contributed by atoms with E-state index in [2.05, 4.69) is 5.32 Å². The van der Waals surface area contributed by atoms with Crippen LogP contribution in [0.2, 0.25) is 0 Å². The number of aryl methyl sites for hydroxylation is 3. The maximum absolute atomic E-state index is 13.3. The average Bonchev–Trinajstić information content (AvgIpc) is 3.35. The smallest absolute Gasteiger partial charge is 0.242 e. The zero-order chi connectivity index (χ0) is 22.0. The molecular weight excluding hydrogens is 406 g/mol. The number of aliphatic imine (C=N–C) groups is 1. The van der Waals surface area contributed by atoms with Crippen molar-refractivity contribution >= 4 is 40.1 Å². The monoisotopic (exact) mass is 435 g/mol. The van der Waals surface area contributed by atoms with Gasteiger partial charge in [0.15, 0.2) is 5.17 Å². The zero-order valence-electron chi connectivity index (χ0n) is 18.4. The molecule has 2 fully saturated rings. The molecule has 31 heavy (non-hydrogen) atoms. The second-order valence-corrected chi connectivity index (χ2v) is 9.67. The molecule has 1 aliphatic heterocycles. The molecule has 1 saturated heterocycles. The third-order valence-corrected chi connectivity index (χ3v) is 7.18. The van der Waals surface area contributed by atoms with E-state index in [4.69, 9.17) is 4.99 Å². The molecule has 1 unspecified atom stereocenters. The maximum atomic E-state index is 13.3. The van der Waals surface area contributed by atoms with Gasteiger partial charge < -0.3 is 5.32 Å². The van der Waals surface area contributed by atoms with Crippen molar-refractivity contribution in [2.75, 3.05) is 5.32 Å². The summed E-state index contributed by atoms with van der Waals surface area (Å²) in [6, 6.07) is 14.1. The van der Waals surface area contributed by atoms with Crippen molar-refractivity contribution in [2.45, 2.75) is 64.2 Å². The highest BCUT2D eigenvalue weighted by Crippen LogP contribution is 2.37. The first kappa shape index (κ1) is 21.6. The first-order valence-corrected chi connectivity index (χ1v) is 11.8. The average molecular weight is 436 g/mol. The second-order valence-electron chi connectivity index (χ2n) is 8.50. The summed E-state index contributed by atoms with van der Waals surface area (Å²) in [5.41, 5.74) is 4.89. The number of carbonyl (C=O) groups is 2. The van der Waals surface area contributed by atoms with Crippen LogP contribution in [0, 0.1) is 20.8 Å². The Labute approximate surface area is 188 Å². The summed E-state index contributed by atoms with van der Waals surface area (Å²) in [5, 5.41) is 3.31. The number of nitrogens with zero attached hydrogens (tertiary/aromatic N) is 2. The van der Waals surface area contributed by atoms with Crippen LogP contribution in [-0.2, 0) is 9.59 Å². The highest BCUT2D eigenvalue weighted by atomic mass is 32.2. The molecule has 4 rings (SSSR count). The molecule has 0 spiro atoms. The number of amides is 2. The van der Waals surface area contributed by atoms with E-state index in [-0.39, 0.29) is 24.3 Å². The molecule has 2 amide bonds. The number of carbonyl (C=O) groups excluding carboxylic acids is 2. The van der Waals surface area contributed by atoms with Crippen molar-refractivity contribution < 1.29 is 9.59 Å². The van der Waals surface area contributed by atoms with Crippen LogP contribution in [0.4, 0.5) is 11.4 Å². The Morgan fingerprint density at radius 3 is 2.35 bits per heavy atom.